The molecule has 3 heterocycles. The number of hydrogen-bond donors (Lipinski definition) is 0. The predicted molar refractivity (Wildman–Crippen MR) is 98.9 cm³/mol. The van der Waals surface area contributed by atoms with Crippen molar-refractivity contribution in [3.05, 3.63) is 53.6 Å². The number of aromatic nitrogens is 2. The minimum Gasteiger partial charge on any atom is -0.493 e. The first-order valence-electron chi connectivity index (χ1n) is 9.50. The molecule has 0 saturated carbocycles. The van der Waals surface area contributed by atoms with Crippen LogP contribution in [0.25, 0.3) is 0 Å². The maximum absolute atomic E-state index is 5.92. The molecule has 0 amide bonds. The number of piperidine rings is 1. The molecule has 4 rings (SSSR count). The normalized spacial score (nSPS) is 22.0. The van der Waals surface area contributed by atoms with Crippen molar-refractivity contribution < 1.29 is 4.74 Å². The van der Waals surface area contributed by atoms with Gasteiger partial charge in [0.2, 0.25) is 0 Å². The minimum absolute atomic E-state index is 0.594. The van der Waals surface area contributed by atoms with Gasteiger partial charge in [0.25, 0.3) is 0 Å². The molecule has 0 spiro atoms. The van der Waals surface area contributed by atoms with Gasteiger partial charge in [0.05, 0.1) is 6.61 Å². The fourth-order valence-electron chi connectivity index (χ4n) is 4.20. The van der Waals surface area contributed by atoms with E-state index in [0.717, 1.165) is 31.0 Å². The summed E-state index contributed by atoms with van der Waals surface area (Å²) < 4.78 is 5.92. The number of para-hydroxylation sites is 1. The molecule has 2 aliphatic heterocycles. The van der Waals surface area contributed by atoms with Gasteiger partial charge in [0.15, 0.2) is 0 Å². The Kier molecular flexibility index (Phi) is 4.97. The molecule has 0 aliphatic carbocycles. The smallest absolute Gasteiger partial charge is 0.125 e. The zero-order chi connectivity index (χ0) is 17.1. The SMILES string of the molecule is Cc1nccc(C2CCN(C[C@H]3CCOc4ccccc4C3)CC2)n1. The van der Waals surface area contributed by atoms with Crippen LogP contribution in [0.4, 0.5) is 0 Å². The molecular weight excluding hydrogens is 310 g/mol. The van der Waals surface area contributed by atoms with E-state index in [1.165, 1.54) is 43.7 Å². The second-order valence-electron chi connectivity index (χ2n) is 7.42. The minimum atomic E-state index is 0.594. The standard InChI is InChI=1S/C21H27N3O/c1-16-22-10-6-20(23-16)18-7-11-24(12-8-18)15-17-9-13-25-21-5-3-2-4-19(21)14-17/h2-6,10,17-18H,7-9,11-15H2,1H3/t17-/m0/s1. The second kappa shape index (κ2) is 7.52. The third-order valence-electron chi connectivity index (χ3n) is 5.58. The molecule has 2 aliphatic rings. The Labute approximate surface area is 150 Å². The van der Waals surface area contributed by atoms with Gasteiger partial charge in [0.1, 0.15) is 11.6 Å². The first-order valence-corrected chi connectivity index (χ1v) is 9.50. The van der Waals surface area contributed by atoms with Crippen molar-refractivity contribution in [1.29, 1.82) is 0 Å². The lowest BCUT2D eigenvalue weighted by Crippen LogP contribution is -2.37. The molecule has 4 heteroatoms. The van der Waals surface area contributed by atoms with Gasteiger partial charge in [-0.1, -0.05) is 18.2 Å². The number of likely N-dealkylation sites (tertiary alicyclic amines) is 1. The molecular formula is C21H27N3O. The molecule has 0 unspecified atom stereocenters. The summed E-state index contributed by atoms with van der Waals surface area (Å²) in [5.41, 5.74) is 2.60. The largest absolute Gasteiger partial charge is 0.493 e. The fraction of sp³-hybridized carbons (Fsp3) is 0.524. The lowest BCUT2D eigenvalue weighted by molar-refractivity contribution is 0.171. The summed E-state index contributed by atoms with van der Waals surface area (Å²) in [5.74, 6) is 3.26. The monoisotopic (exact) mass is 337 g/mol. The molecule has 2 aromatic rings. The van der Waals surface area contributed by atoms with Crippen LogP contribution in [0.1, 0.15) is 42.3 Å². The highest BCUT2D eigenvalue weighted by Crippen LogP contribution is 2.30. The van der Waals surface area contributed by atoms with E-state index in [4.69, 9.17) is 4.74 Å². The Morgan fingerprint density at radius 1 is 1.12 bits per heavy atom. The Morgan fingerprint density at radius 3 is 2.80 bits per heavy atom. The average molecular weight is 337 g/mol. The summed E-state index contributed by atoms with van der Waals surface area (Å²) >= 11 is 0. The predicted octanol–water partition coefficient (Wildman–Crippen LogP) is 3.61. The zero-order valence-corrected chi connectivity index (χ0v) is 15.0. The Morgan fingerprint density at radius 2 is 1.96 bits per heavy atom. The van der Waals surface area contributed by atoms with Crippen molar-refractivity contribution >= 4 is 0 Å². The number of rotatable bonds is 3. The summed E-state index contributed by atoms with van der Waals surface area (Å²) in [6.45, 7) is 6.36. The zero-order valence-electron chi connectivity index (χ0n) is 15.0. The molecule has 1 atom stereocenters. The molecule has 25 heavy (non-hydrogen) atoms. The van der Waals surface area contributed by atoms with Gasteiger partial charge in [0, 0.05) is 24.4 Å². The highest BCUT2D eigenvalue weighted by molar-refractivity contribution is 5.34. The highest BCUT2D eigenvalue weighted by Gasteiger charge is 2.25. The first-order chi connectivity index (χ1) is 12.3. The lowest BCUT2D eigenvalue weighted by Gasteiger charge is -2.33. The number of benzene rings is 1. The number of aryl methyl sites for hydroxylation is 1. The lowest BCUT2D eigenvalue weighted by atomic mass is 9.91. The highest BCUT2D eigenvalue weighted by atomic mass is 16.5. The molecule has 132 valence electrons. The molecule has 1 fully saturated rings. The van der Waals surface area contributed by atoms with E-state index in [1.807, 2.05) is 13.1 Å². The maximum atomic E-state index is 5.92. The van der Waals surface area contributed by atoms with Crippen LogP contribution < -0.4 is 4.74 Å². The summed E-state index contributed by atoms with van der Waals surface area (Å²) in [6, 6.07) is 10.6. The quantitative estimate of drug-likeness (QED) is 0.858. The molecule has 0 bridgehead atoms. The van der Waals surface area contributed by atoms with Gasteiger partial charge in [-0.25, -0.2) is 9.97 Å². The van der Waals surface area contributed by atoms with E-state index < -0.39 is 0 Å². The van der Waals surface area contributed by atoms with Crippen molar-refractivity contribution in [3.63, 3.8) is 0 Å². The molecule has 0 radical (unpaired) electrons. The van der Waals surface area contributed by atoms with Crippen LogP contribution in [-0.2, 0) is 6.42 Å². The van der Waals surface area contributed by atoms with Crippen LogP contribution >= 0.6 is 0 Å². The molecule has 0 N–H and O–H groups in total. The maximum Gasteiger partial charge on any atom is 0.125 e. The van der Waals surface area contributed by atoms with Crippen LogP contribution in [0.2, 0.25) is 0 Å². The van der Waals surface area contributed by atoms with Crippen molar-refractivity contribution in [2.75, 3.05) is 26.2 Å². The summed E-state index contributed by atoms with van der Waals surface area (Å²) in [4.78, 5) is 11.5. The number of hydrogen-bond acceptors (Lipinski definition) is 4. The van der Waals surface area contributed by atoms with E-state index in [9.17, 15) is 0 Å². The third-order valence-corrected chi connectivity index (χ3v) is 5.58. The van der Waals surface area contributed by atoms with Gasteiger partial charge < -0.3 is 9.64 Å². The first kappa shape index (κ1) is 16.5. The van der Waals surface area contributed by atoms with Gasteiger partial charge in [-0.15, -0.1) is 0 Å². The van der Waals surface area contributed by atoms with Gasteiger partial charge in [-0.3, -0.25) is 0 Å². The molecule has 4 nitrogen and oxygen atoms in total. The van der Waals surface area contributed by atoms with Crippen LogP contribution in [0.5, 0.6) is 5.75 Å². The Balaban J connectivity index is 1.33. The molecule has 1 saturated heterocycles. The topological polar surface area (TPSA) is 38.2 Å². The van der Waals surface area contributed by atoms with E-state index in [2.05, 4.69) is 45.2 Å². The van der Waals surface area contributed by atoms with Crippen molar-refractivity contribution in [3.8, 4) is 5.75 Å². The van der Waals surface area contributed by atoms with Gasteiger partial charge in [-0.05, 0) is 69.3 Å². The van der Waals surface area contributed by atoms with Gasteiger partial charge >= 0.3 is 0 Å². The molecule has 1 aromatic heterocycles. The average Bonchev–Trinajstić information content (AvgIpc) is 2.84. The van der Waals surface area contributed by atoms with Crippen molar-refractivity contribution in [1.82, 2.24) is 14.9 Å². The van der Waals surface area contributed by atoms with Crippen LogP contribution in [0, 0.1) is 12.8 Å². The summed E-state index contributed by atoms with van der Waals surface area (Å²) in [6.07, 6.45) is 6.60. The fourth-order valence-corrected chi connectivity index (χ4v) is 4.20. The van der Waals surface area contributed by atoms with E-state index in [-0.39, 0.29) is 0 Å². The van der Waals surface area contributed by atoms with Gasteiger partial charge in [-0.2, -0.15) is 0 Å². The van der Waals surface area contributed by atoms with Crippen molar-refractivity contribution in [2.45, 2.75) is 38.5 Å². The number of fused-ring (bicyclic) bond motifs is 1. The Hall–Kier alpha value is -1.94. The number of ether oxygens (including phenoxy) is 1. The number of nitrogens with zero attached hydrogens (tertiary/aromatic N) is 3. The van der Waals surface area contributed by atoms with E-state index in [0.29, 0.717) is 11.8 Å². The van der Waals surface area contributed by atoms with Crippen LogP contribution in [0.15, 0.2) is 36.5 Å². The van der Waals surface area contributed by atoms with Crippen LogP contribution in [-0.4, -0.2) is 41.1 Å². The van der Waals surface area contributed by atoms with E-state index >= 15 is 0 Å². The second-order valence-corrected chi connectivity index (χ2v) is 7.42. The Bertz CT molecular complexity index is 710. The summed E-state index contributed by atoms with van der Waals surface area (Å²) in [5, 5.41) is 0. The third kappa shape index (κ3) is 4.01. The summed E-state index contributed by atoms with van der Waals surface area (Å²) in [7, 11) is 0. The van der Waals surface area contributed by atoms with E-state index in [1.54, 1.807) is 0 Å². The van der Waals surface area contributed by atoms with Crippen LogP contribution in [0.3, 0.4) is 0 Å². The van der Waals surface area contributed by atoms with Crippen molar-refractivity contribution in [2.24, 2.45) is 5.92 Å². The molecule has 1 aromatic carbocycles.